The topological polar surface area (TPSA) is 44.0 Å². The van der Waals surface area contributed by atoms with Crippen LogP contribution >= 0.6 is 0 Å². The third-order valence-electron chi connectivity index (χ3n) is 1.70. The predicted octanol–water partition coefficient (Wildman–Crippen LogP) is 2.68. The van der Waals surface area contributed by atoms with E-state index in [-0.39, 0.29) is 12.0 Å². The Morgan fingerprint density at radius 3 is 2.56 bits per heavy atom. The van der Waals surface area contributed by atoms with Crippen molar-refractivity contribution in [1.29, 1.82) is 5.26 Å². The lowest BCUT2D eigenvalue weighted by molar-refractivity contribution is -0.137. The van der Waals surface area contributed by atoms with E-state index in [1.807, 2.05) is 0 Å². The summed E-state index contributed by atoms with van der Waals surface area (Å²) in [4.78, 5) is 0. The summed E-state index contributed by atoms with van der Waals surface area (Å²) >= 11 is 0. The van der Waals surface area contributed by atoms with Crippen LogP contribution in [0.2, 0.25) is 0 Å². The lowest BCUT2D eigenvalue weighted by atomic mass is 10.1. The number of phenolic OH excluding ortho intramolecular Hbond substituents is 1. The normalized spacial score (nSPS) is 10.1. The monoisotopic (exact) mass is 225 g/mol. The largest absolute Gasteiger partial charge is 0.508 e. The Kier molecular flexibility index (Phi) is 3.42. The zero-order valence-corrected chi connectivity index (χ0v) is 7.97. The molecule has 0 heterocycles. The fourth-order valence-corrected chi connectivity index (χ4v) is 1.05. The molecule has 0 bridgehead atoms. The Bertz CT molecular complexity index is 489. The molecule has 0 aliphatic rings. The van der Waals surface area contributed by atoms with Gasteiger partial charge in [0.15, 0.2) is 0 Å². The maximum absolute atomic E-state index is 12.5. The quantitative estimate of drug-likeness (QED) is 0.690. The second-order valence-electron chi connectivity index (χ2n) is 2.86. The fraction of sp³-hybridized carbons (Fsp3) is 0.182. The van der Waals surface area contributed by atoms with Crippen molar-refractivity contribution in [2.75, 3.05) is 0 Å². The van der Waals surface area contributed by atoms with Crippen molar-refractivity contribution in [3.05, 3.63) is 29.3 Å². The van der Waals surface area contributed by atoms with E-state index in [1.54, 1.807) is 6.07 Å². The molecule has 16 heavy (non-hydrogen) atoms. The predicted molar refractivity (Wildman–Crippen MR) is 50.2 cm³/mol. The van der Waals surface area contributed by atoms with Crippen LogP contribution in [0.3, 0.4) is 0 Å². The second kappa shape index (κ2) is 4.59. The van der Waals surface area contributed by atoms with Crippen LogP contribution in [-0.2, 0) is 6.18 Å². The van der Waals surface area contributed by atoms with Crippen LogP contribution in [-0.4, -0.2) is 5.11 Å². The highest BCUT2D eigenvalue weighted by molar-refractivity contribution is 5.46. The number of hydrogen-bond donors (Lipinski definition) is 1. The van der Waals surface area contributed by atoms with Gasteiger partial charge in [-0.1, -0.05) is 11.8 Å². The molecule has 0 saturated carbocycles. The summed E-state index contributed by atoms with van der Waals surface area (Å²) in [6, 6.07) is 4.50. The maximum Gasteiger partial charge on any atom is 0.417 e. The highest BCUT2D eigenvalue weighted by Gasteiger charge is 2.33. The van der Waals surface area contributed by atoms with Crippen LogP contribution in [0.5, 0.6) is 5.75 Å². The number of rotatable bonds is 0. The first-order chi connectivity index (χ1) is 7.45. The minimum Gasteiger partial charge on any atom is -0.508 e. The van der Waals surface area contributed by atoms with Gasteiger partial charge in [0.2, 0.25) is 0 Å². The van der Waals surface area contributed by atoms with Crippen molar-refractivity contribution in [3.8, 4) is 23.7 Å². The molecule has 5 heteroatoms. The molecule has 0 atom stereocenters. The van der Waals surface area contributed by atoms with Gasteiger partial charge >= 0.3 is 6.18 Å². The van der Waals surface area contributed by atoms with E-state index < -0.39 is 17.5 Å². The van der Waals surface area contributed by atoms with E-state index in [0.717, 1.165) is 12.1 Å². The molecule has 0 aliphatic heterocycles. The van der Waals surface area contributed by atoms with Crippen LogP contribution in [0.25, 0.3) is 0 Å². The SMILES string of the molecule is N#CCC#Cc1ccc(O)cc1C(F)(F)F. The van der Waals surface area contributed by atoms with E-state index in [1.165, 1.54) is 0 Å². The maximum atomic E-state index is 12.5. The number of nitriles is 1. The highest BCUT2D eigenvalue weighted by Crippen LogP contribution is 2.33. The second-order valence-corrected chi connectivity index (χ2v) is 2.86. The lowest BCUT2D eigenvalue weighted by Crippen LogP contribution is -2.07. The van der Waals surface area contributed by atoms with Gasteiger partial charge in [-0.15, -0.1) is 0 Å². The Hall–Kier alpha value is -2.14. The molecule has 0 amide bonds. The van der Waals surface area contributed by atoms with Crippen LogP contribution in [0.1, 0.15) is 17.5 Å². The van der Waals surface area contributed by atoms with E-state index in [9.17, 15) is 13.2 Å². The van der Waals surface area contributed by atoms with Crippen LogP contribution in [0.4, 0.5) is 13.2 Å². The highest BCUT2D eigenvalue weighted by atomic mass is 19.4. The molecule has 0 saturated heterocycles. The molecule has 0 spiro atoms. The van der Waals surface area contributed by atoms with Gasteiger partial charge in [0, 0.05) is 5.56 Å². The Balaban J connectivity index is 3.21. The summed E-state index contributed by atoms with van der Waals surface area (Å²) in [5.74, 6) is 4.06. The number of aromatic hydroxyl groups is 1. The minimum atomic E-state index is -4.57. The van der Waals surface area contributed by atoms with Gasteiger partial charge in [-0.05, 0) is 18.2 Å². The van der Waals surface area contributed by atoms with Crippen molar-refractivity contribution in [3.63, 3.8) is 0 Å². The molecule has 1 aromatic carbocycles. The summed E-state index contributed by atoms with van der Waals surface area (Å²) < 4.78 is 37.5. The molecule has 2 nitrogen and oxygen atoms in total. The molecule has 82 valence electrons. The number of alkyl halides is 3. The van der Waals surface area contributed by atoms with Crippen LogP contribution in [0.15, 0.2) is 18.2 Å². The molecule has 0 aliphatic carbocycles. The molecule has 1 rings (SSSR count). The van der Waals surface area contributed by atoms with Gasteiger partial charge in [-0.3, -0.25) is 0 Å². The summed E-state index contributed by atoms with van der Waals surface area (Å²) in [5, 5.41) is 17.2. The number of nitrogens with zero attached hydrogens (tertiary/aromatic N) is 1. The van der Waals surface area contributed by atoms with Crippen molar-refractivity contribution < 1.29 is 18.3 Å². The first kappa shape index (κ1) is 11.9. The van der Waals surface area contributed by atoms with Crippen molar-refractivity contribution in [1.82, 2.24) is 0 Å². The third-order valence-corrected chi connectivity index (χ3v) is 1.70. The van der Waals surface area contributed by atoms with E-state index in [4.69, 9.17) is 10.4 Å². The molecule has 1 aromatic rings. The summed E-state index contributed by atoms with van der Waals surface area (Å²) in [7, 11) is 0. The summed E-state index contributed by atoms with van der Waals surface area (Å²) in [6.07, 6.45) is -4.71. The number of halogens is 3. The molecule has 0 unspecified atom stereocenters. The van der Waals surface area contributed by atoms with Gasteiger partial charge in [-0.25, -0.2) is 0 Å². The van der Waals surface area contributed by atoms with Gasteiger partial charge in [0.25, 0.3) is 0 Å². The smallest absolute Gasteiger partial charge is 0.417 e. The molecule has 0 fully saturated rings. The van der Waals surface area contributed by atoms with E-state index >= 15 is 0 Å². The van der Waals surface area contributed by atoms with Crippen LogP contribution < -0.4 is 0 Å². The standard InChI is InChI=1S/C11H6F3NO/c12-11(13,14)10-7-9(16)5-4-8(10)3-1-2-6-15/h4-5,7,16H,2H2. The fourth-order valence-electron chi connectivity index (χ4n) is 1.05. The Morgan fingerprint density at radius 2 is 2.00 bits per heavy atom. The molecular weight excluding hydrogens is 219 g/mol. The average molecular weight is 225 g/mol. The first-order valence-electron chi connectivity index (χ1n) is 4.21. The summed E-state index contributed by atoms with van der Waals surface area (Å²) in [6.45, 7) is 0. The van der Waals surface area contributed by atoms with Gasteiger partial charge in [-0.2, -0.15) is 18.4 Å². The van der Waals surface area contributed by atoms with E-state index in [0.29, 0.717) is 6.07 Å². The Morgan fingerprint density at radius 1 is 1.31 bits per heavy atom. The van der Waals surface area contributed by atoms with Crippen molar-refractivity contribution >= 4 is 0 Å². The first-order valence-corrected chi connectivity index (χ1v) is 4.21. The third kappa shape index (κ3) is 2.93. The van der Waals surface area contributed by atoms with Crippen molar-refractivity contribution in [2.45, 2.75) is 12.6 Å². The molecular formula is C11H6F3NO. The molecule has 0 aromatic heterocycles. The number of hydrogen-bond acceptors (Lipinski definition) is 2. The zero-order valence-electron chi connectivity index (χ0n) is 7.97. The van der Waals surface area contributed by atoms with Gasteiger partial charge < -0.3 is 5.11 Å². The van der Waals surface area contributed by atoms with Crippen LogP contribution in [0, 0.1) is 23.2 Å². The molecule has 1 N–H and O–H groups in total. The Labute approximate surface area is 89.9 Å². The zero-order chi connectivity index (χ0) is 12.2. The van der Waals surface area contributed by atoms with Gasteiger partial charge in [0.1, 0.15) is 5.75 Å². The summed E-state index contributed by atoms with van der Waals surface area (Å²) in [5.41, 5.74) is -1.25. The van der Waals surface area contributed by atoms with Crippen molar-refractivity contribution in [2.24, 2.45) is 0 Å². The average Bonchev–Trinajstić information content (AvgIpc) is 2.19. The lowest BCUT2D eigenvalue weighted by Gasteiger charge is -2.09. The van der Waals surface area contributed by atoms with E-state index in [2.05, 4.69) is 11.8 Å². The minimum absolute atomic E-state index is 0.141. The molecule has 0 radical (unpaired) electrons. The van der Waals surface area contributed by atoms with Gasteiger partial charge in [0.05, 0.1) is 18.1 Å². The number of benzene rings is 1. The number of phenols is 1.